The molecule has 8 heteroatoms. The van der Waals surface area contributed by atoms with Gasteiger partial charge in [0.2, 0.25) is 5.91 Å². The Kier molecular flexibility index (Phi) is 8.63. The zero-order valence-corrected chi connectivity index (χ0v) is 22.4. The molecule has 2 aliphatic heterocycles. The Labute approximate surface area is 233 Å². The number of benzene rings is 3. The first-order valence-electron chi connectivity index (χ1n) is 13.8. The number of hydrogen-bond acceptors (Lipinski definition) is 6. The van der Waals surface area contributed by atoms with Crippen molar-refractivity contribution >= 4 is 11.6 Å². The van der Waals surface area contributed by atoms with Crippen LogP contribution in [-0.2, 0) is 22.4 Å². The van der Waals surface area contributed by atoms with Crippen molar-refractivity contribution in [1.29, 1.82) is 0 Å². The number of aryl methyl sites for hydroxylation is 2. The van der Waals surface area contributed by atoms with E-state index in [-0.39, 0.29) is 30.1 Å². The zero-order valence-electron chi connectivity index (χ0n) is 22.4. The smallest absolute Gasteiger partial charge is 0.233 e. The molecule has 0 unspecified atom stereocenters. The zero-order chi connectivity index (χ0) is 28.4. The van der Waals surface area contributed by atoms with Crippen LogP contribution >= 0.6 is 0 Å². The van der Waals surface area contributed by atoms with Crippen molar-refractivity contribution in [3.05, 3.63) is 101 Å². The summed E-state index contributed by atoms with van der Waals surface area (Å²) >= 11 is 0. The van der Waals surface area contributed by atoms with Gasteiger partial charge in [0.15, 0.2) is 0 Å². The van der Waals surface area contributed by atoms with Gasteiger partial charge < -0.3 is 30.1 Å². The van der Waals surface area contributed by atoms with Crippen LogP contribution in [0.3, 0.4) is 0 Å². The van der Waals surface area contributed by atoms with E-state index in [2.05, 4.69) is 0 Å². The molecule has 7 nitrogen and oxygen atoms in total. The molecular formula is C32H36FNO6. The molecule has 0 bridgehead atoms. The van der Waals surface area contributed by atoms with E-state index in [4.69, 9.17) is 4.74 Å². The summed E-state index contributed by atoms with van der Waals surface area (Å²) in [6, 6.07) is 22.0. The molecule has 3 aromatic rings. The Bertz CT molecular complexity index is 1280. The van der Waals surface area contributed by atoms with E-state index in [1.807, 2.05) is 60.4 Å². The second-order valence-electron chi connectivity index (χ2n) is 10.9. The second-order valence-corrected chi connectivity index (χ2v) is 10.9. The van der Waals surface area contributed by atoms with Crippen LogP contribution in [0.25, 0.3) is 0 Å². The highest BCUT2D eigenvalue weighted by Crippen LogP contribution is 2.46. The summed E-state index contributed by atoms with van der Waals surface area (Å²) in [6.45, 7) is 1.54. The van der Waals surface area contributed by atoms with Crippen molar-refractivity contribution < 1.29 is 34.3 Å². The summed E-state index contributed by atoms with van der Waals surface area (Å²) in [5, 5.41) is 40.1. The predicted molar refractivity (Wildman–Crippen MR) is 148 cm³/mol. The first kappa shape index (κ1) is 28.4. The maximum absolute atomic E-state index is 13.4. The maximum Gasteiger partial charge on any atom is 0.233 e. The average molecular weight is 550 g/mol. The standard InChI is InChI=1S/C32H36FNO6/c1-19-5-15-24(16-6-19)34-28(25(32(34)39)4-2-3-20-9-13-23(33)14-10-20)22-11-7-21(8-12-22)17-26-29(36)31(38)30(37)27(18-35)40-26/h5-16,25-31,35-38H,2-4,17-18H2,1H3/t25-,26-,27-,28-,29+,30-,31-/m1/s1. The van der Waals surface area contributed by atoms with Crippen molar-refractivity contribution in [1.82, 2.24) is 0 Å². The molecule has 2 fully saturated rings. The molecule has 7 atom stereocenters. The third-order valence-corrected chi connectivity index (χ3v) is 8.17. The number of ether oxygens (including phenoxy) is 1. The van der Waals surface area contributed by atoms with E-state index in [1.165, 1.54) is 12.1 Å². The van der Waals surface area contributed by atoms with E-state index >= 15 is 0 Å². The minimum atomic E-state index is -1.41. The van der Waals surface area contributed by atoms with Crippen molar-refractivity contribution in [2.75, 3.05) is 11.5 Å². The molecule has 2 aliphatic rings. The van der Waals surface area contributed by atoms with Crippen LogP contribution in [0.2, 0.25) is 0 Å². The number of amides is 1. The van der Waals surface area contributed by atoms with Gasteiger partial charge in [-0.05, 0) is 67.1 Å². The second kappa shape index (κ2) is 12.2. The summed E-state index contributed by atoms with van der Waals surface area (Å²) in [5.41, 5.74) is 4.85. The van der Waals surface area contributed by atoms with Crippen LogP contribution < -0.4 is 4.90 Å². The monoisotopic (exact) mass is 549 g/mol. The van der Waals surface area contributed by atoms with E-state index in [9.17, 15) is 29.6 Å². The van der Waals surface area contributed by atoms with Crippen LogP contribution in [0, 0.1) is 18.7 Å². The quantitative estimate of drug-likeness (QED) is 0.305. The molecule has 0 spiro atoms. The molecule has 0 aromatic heterocycles. The predicted octanol–water partition coefficient (Wildman–Crippen LogP) is 3.25. The van der Waals surface area contributed by atoms with Crippen LogP contribution in [-0.4, -0.2) is 63.5 Å². The summed E-state index contributed by atoms with van der Waals surface area (Å²) < 4.78 is 18.9. The van der Waals surface area contributed by atoms with Crippen molar-refractivity contribution in [2.45, 2.75) is 69.2 Å². The number of β-lactam (4-membered cyclic amide) rings is 1. The highest BCUT2D eigenvalue weighted by Gasteiger charge is 2.48. The van der Waals surface area contributed by atoms with E-state index < -0.39 is 37.1 Å². The summed E-state index contributed by atoms with van der Waals surface area (Å²) in [6.07, 6.45) is -3.25. The molecule has 2 heterocycles. The molecule has 5 rings (SSSR count). The van der Waals surface area contributed by atoms with Crippen LogP contribution in [0.1, 0.15) is 41.1 Å². The lowest BCUT2D eigenvalue weighted by Crippen LogP contribution is -2.59. The summed E-state index contributed by atoms with van der Waals surface area (Å²) in [5.74, 6) is -0.363. The number of aliphatic hydroxyl groups excluding tert-OH is 4. The number of nitrogens with zero attached hydrogens (tertiary/aromatic N) is 1. The van der Waals surface area contributed by atoms with E-state index in [1.54, 1.807) is 12.1 Å². The Balaban J connectivity index is 1.31. The Morgan fingerprint density at radius 2 is 1.45 bits per heavy atom. The fraction of sp³-hybridized carbons (Fsp3) is 0.406. The highest BCUT2D eigenvalue weighted by atomic mass is 19.1. The molecular weight excluding hydrogens is 513 g/mol. The number of carbonyl (C=O) groups excluding carboxylic acids is 1. The lowest BCUT2D eigenvalue weighted by Gasteiger charge is -2.48. The summed E-state index contributed by atoms with van der Waals surface area (Å²) in [4.78, 5) is 15.2. The van der Waals surface area contributed by atoms with Crippen LogP contribution in [0.5, 0.6) is 0 Å². The normalized spacial score (nSPS) is 28.4. The van der Waals surface area contributed by atoms with Crippen LogP contribution in [0.4, 0.5) is 10.1 Å². The number of aliphatic hydroxyl groups is 4. The van der Waals surface area contributed by atoms with E-state index in [0.29, 0.717) is 6.42 Å². The first-order chi connectivity index (χ1) is 19.3. The molecule has 3 aromatic carbocycles. The van der Waals surface area contributed by atoms with Crippen LogP contribution in [0.15, 0.2) is 72.8 Å². The molecule has 2 saturated heterocycles. The van der Waals surface area contributed by atoms with Crippen molar-refractivity contribution in [2.24, 2.45) is 5.92 Å². The maximum atomic E-state index is 13.4. The van der Waals surface area contributed by atoms with Gasteiger partial charge in [-0.3, -0.25) is 4.79 Å². The lowest BCUT2D eigenvalue weighted by atomic mass is 9.78. The molecule has 4 N–H and O–H groups in total. The number of hydrogen-bond donors (Lipinski definition) is 4. The fourth-order valence-corrected chi connectivity index (χ4v) is 5.81. The molecule has 40 heavy (non-hydrogen) atoms. The topological polar surface area (TPSA) is 110 Å². The SMILES string of the molecule is Cc1ccc(N2C(=O)[C@H](CCCc3ccc(F)cc3)[C@H]2c2ccc(C[C@H]3O[C@H](CO)[C@@H](O)[C@H](O)[C@H]3O)cc2)cc1. The Morgan fingerprint density at radius 1 is 0.825 bits per heavy atom. The minimum absolute atomic E-state index is 0.0818. The number of halogens is 1. The first-order valence-corrected chi connectivity index (χ1v) is 13.8. The number of carbonyl (C=O) groups is 1. The van der Waals surface area contributed by atoms with Gasteiger partial charge in [-0.25, -0.2) is 4.39 Å². The van der Waals surface area contributed by atoms with Gasteiger partial charge in [-0.2, -0.15) is 0 Å². The third-order valence-electron chi connectivity index (χ3n) is 8.17. The summed E-state index contributed by atoms with van der Waals surface area (Å²) in [7, 11) is 0. The van der Waals surface area contributed by atoms with E-state index in [0.717, 1.165) is 40.8 Å². The number of anilines is 1. The third kappa shape index (κ3) is 5.82. The number of rotatable bonds is 9. The van der Waals surface area contributed by atoms with Crippen molar-refractivity contribution in [3.63, 3.8) is 0 Å². The average Bonchev–Trinajstić information content (AvgIpc) is 2.96. The minimum Gasteiger partial charge on any atom is -0.394 e. The molecule has 0 radical (unpaired) electrons. The van der Waals surface area contributed by atoms with Gasteiger partial charge in [-0.15, -0.1) is 0 Å². The Morgan fingerprint density at radius 3 is 2.10 bits per heavy atom. The molecule has 212 valence electrons. The largest absolute Gasteiger partial charge is 0.394 e. The van der Waals surface area contributed by atoms with Gasteiger partial charge in [0.1, 0.15) is 30.2 Å². The highest BCUT2D eigenvalue weighted by molar-refractivity contribution is 6.03. The molecule has 1 amide bonds. The van der Waals surface area contributed by atoms with Gasteiger partial charge in [0, 0.05) is 12.1 Å². The van der Waals surface area contributed by atoms with Gasteiger partial charge in [-0.1, -0.05) is 54.1 Å². The van der Waals surface area contributed by atoms with Gasteiger partial charge in [0.25, 0.3) is 0 Å². The van der Waals surface area contributed by atoms with Gasteiger partial charge >= 0.3 is 0 Å². The molecule has 0 saturated carbocycles. The lowest BCUT2D eigenvalue weighted by molar-refractivity contribution is -0.228. The van der Waals surface area contributed by atoms with Gasteiger partial charge in [0.05, 0.1) is 24.7 Å². The molecule has 0 aliphatic carbocycles. The van der Waals surface area contributed by atoms with Crippen molar-refractivity contribution in [3.8, 4) is 0 Å². The Hall–Kier alpha value is -3.14. The fourth-order valence-electron chi connectivity index (χ4n) is 5.81.